The fourth-order valence-electron chi connectivity index (χ4n) is 1.56. The molecule has 0 spiro atoms. The minimum atomic E-state index is -0.427. The van der Waals surface area contributed by atoms with E-state index in [-0.39, 0.29) is 11.8 Å². The lowest BCUT2D eigenvalue weighted by Crippen LogP contribution is -2.06. The third kappa shape index (κ3) is 2.33. The molecule has 0 aliphatic carbocycles. The predicted molar refractivity (Wildman–Crippen MR) is 64.4 cm³/mol. The van der Waals surface area contributed by atoms with Gasteiger partial charge in [0.05, 0.1) is 6.04 Å². The summed E-state index contributed by atoms with van der Waals surface area (Å²) in [4.78, 5) is 0. The molecule has 2 nitrogen and oxygen atoms in total. The van der Waals surface area contributed by atoms with Gasteiger partial charge in [-0.25, -0.2) is 4.39 Å². The normalized spacial score (nSPS) is 12.4. The van der Waals surface area contributed by atoms with Crippen molar-refractivity contribution in [1.82, 2.24) is 0 Å². The number of nitrogens with one attached hydrogen (secondary N) is 1. The standard InChI is InChI=1S/C12H12FNOS/c1-8(14-10-4-5-16-7-10)11-3-2-9(13)6-12(11)15/h2-8,14-15H,1H3. The van der Waals surface area contributed by atoms with Crippen molar-refractivity contribution in [2.45, 2.75) is 13.0 Å². The van der Waals surface area contributed by atoms with Crippen molar-refractivity contribution in [2.75, 3.05) is 5.32 Å². The van der Waals surface area contributed by atoms with Crippen molar-refractivity contribution in [2.24, 2.45) is 0 Å². The molecule has 2 aromatic rings. The molecule has 84 valence electrons. The largest absolute Gasteiger partial charge is 0.507 e. The van der Waals surface area contributed by atoms with E-state index in [1.165, 1.54) is 6.07 Å². The minimum absolute atomic E-state index is 0.0183. The van der Waals surface area contributed by atoms with Crippen molar-refractivity contribution < 1.29 is 9.50 Å². The average Bonchev–Trinajstić information content (AvgIpc) is 2.70. The van der Waals surface area contributed by atoms with Gasteiger partial charge in [0.2, 0.25) is 0 Å². The second kappa shape index (κ2) is 4.53. The summed E-state index contributed by atoms with van der Waals surface area (Å²) in [7, 11) is 0. The number of phenols is 1. The van der Waals surface area contributed by atoms with Crippen molar-refractivity contribution in [3.63, 3.8) is 0 Å². The van der Waals surface area contributed by atoms with Crippen LogP contribution in [0, 0.1) is 5.82 Å². The number of phenolic OH excluding ortho intramolecular Hbond substituents is 1. The number of rotatable bonds is 3. The maximum atomic E-state index is 12.8. The molecule has 16 heavy (non-hydrogen) atoms. The molecule has 0 saturated carbocycles. The van der Waals surface area contributed by atoms with Gasteiger partial charge in [-0.15, -0.1) is 0 Å². The highest BCUT2D eigenvalue weighted by Crippen LogP contribution is 2.28. The van der Waals surface area contributed by atoms with Gasteiger partial charge in [-0.2, -0.15) is 11.3 Å². The molecule has 0 fully saturated rings. The highest BCUT2D eigenvalue weighted by atomic mass is 32.1. The molecule has 0 bridgehead atoms. The Balaban J connectivity index is 2.17. The number of hydrogen-bond acceptors (Lipinski definition) is 3. The summed E-state index contributed by atoms with van der Waals surface area (Å²) < 4.78 is 12.8. The lowest BCUT2D eigenvalue weighted by Gasteiger charge is -2.15. The number of thiophene rings is 1. The van der Waals surface area contributed by atoms with Gasteiger partial charge in [-0.05, 0) is 24.4 Å². The zero-order chi connectivity index (χ0) is 11.5. The number of halogens is 1. The van der Waals surface area contributed by atoms with Crippen LogP contribution in [0.2, 0.25) is 0 Å². The van der Waals surface area contributed by atoms with E-state index in [9.17, 15) is 9.50 Å². The van der Waals surface area contributed by atoms with Gasteiger partial charge in [0.25, 0.3) is 0 Å². The molecule has 0 aliphatic heterocycles. The van der Waals surface area contributed by atoms with E-state index in [4.69, 9.17) is 0 Å². The smallest absolute Gasteiger partial charge is 0.126 e. The molecule has 0 amide bonds. The lowest BCUT2D eigenvalue weighted by molar-refractivity contribution is 0.459. The fraction of sp³-hybridized carbons (Fsp3) is 0.167. The molecule has 2 rings (SSSR count). The summed E-state index contributed by atoms with van der Waals surface area (Å²) in [6, 6.07) is 5.97. The van der Waals surface area contributed by atoms with Crippen LogP contribution in [0.5, 0.6) is 5.75 Å². The van der Waals surface area contributed by atoms with Gasteiger partial charge < -0.3 is 10.4 Å². The molecule has 4 heteroatoms. The molecular weight excluding hydrogens is 225 g/mol. The van der Waals surface area contributed by atoms with Crippen LogP contribution in [0.4, 0.5) is 10.1 Å². The quantitative estimate of drug-likeness (QED) is 0.851. The van der Waals surface area contributed by atoms with Crippen molar-refractivity contribution in [1.29, 1.82) is 0 Å². The predicted octanol–water partition coefficient (Wildman–Crippen LogP) is 3.77. The third-order valence-corrected chi connectivity index (χ3v) is 3.05. The van der Waals surface area contributed by atoms with Crippen molar-refractivity contribution in [3.8, 4) is 5.75 Å². The molecule has 0 radical (unpaired) electrons. The summed E-state index contributed by atoms with van der Waals surface area (Å²) in [6.45, 7) is 1.92. The Labute approximate surface area is 97.4 Å². The molecule has 1 aromatic heterocycles. The lowest BCUT2D eigenvalue weighted by atomic mass is 10.1. The molecule has 1 aromatic carbocycles. The molecular formula is C12H12FNOS. The minimum Gasteiger partial charge on any atom is -0.507 e. The Morgan fingerprint density at radius 1 is 1.38 bits per heavy atom. The van der Waals surface area contributed by atoms with E-state index in [2.05, 4.69) is 5.32 Å². The SMILES string of the molecule is CC(Nc1ccsc1)c1ccc(F)cc1O. The van der Waals surface area contributed by atoms with Crippen LogP contribution in [0.25, 0.3) is 0 Å². The average molecular weight is 237 g/mol. The maximum Gasteiger partial charge on any atom is 0.126 e. The Morgan fingerprint density at radius 2 is 2.19 bits per heavy atom. The molecule has 2 N–H and O–H groups in total. The monoisotopic (exact) mass is 237 g/mol. The number of anilines is 1. The first-order valence-corrected chi connectivity index (χ1v) is 5.88. The van der Waals surface area contributed by atoms with E-state index in [0.717, 1.165) is 11.8 Å². The molecule has 1 heterocycles. The van der Waals surface area contributed by atoms with Gasteiger partial charge in [0, 0.05) is 22.7 Å². The van der Waals surface area contributed by atoms with Gasteiger partial charge >= 0.3 is 0 Å². The van der Waals surface area contributed by atoms with Gasteiger partial charge in [0.15, 0.2) is 0 Å². The third-order valence-electron chi connectivity index (χ3n) is 2.36. The fourth-order valence-corrected chi connectivity index (χ4v) is 2.15. The van der Waals surface area contributed by atoms with Crippen LogP contribution < -0.4 is 5.32 Å². The van der Waals surface area contributed by atoms with Crippen LogP contribution in [-0.4, -0.2) is 5.11 Å². The van der Waals surface area contributed by atoms with Gasteiger partial charge in [0.1, 0.15) is 11.6 Å². The van der Waals surface area contributed by atoms with Crippen LogP contribution in [0.3, 0.4) is 0 Å². The Bertz CT molecular complexity index is 470. The molecule has 0 aliphatic rings. The highest BCUT2D eigenvalue weighted by molar-refractivity contribution is 7.08. The first kappa shape index (κ1) is 11.0. The van der Waals surface area contributed by atoms with Crippen molar-refractivity contribution in [3.05, 3.63) is 46.4 Å². The van der Waals surface area contributed by atoms with Crippen LogP contribution in [0.1, 0.15) is 18.5 Å². The van der Waals surface area contributed by atoms with Crippen LogP contribution >= 0.6 is 11.3 Å². The summed E-state index contributed by atoms with van der Waals surface area (Å²) in [5.74, 6) is -0.445. The summed E-state index contributed by atoms with van der Waals surface area (Å²) in [5, 5.41) is 16.8. The van der Waals surface area contributed by atoms with Crippen LogP contribution in [-0.2, 0) is 0 Å². The van der Waals surface area contributed by atoms with Crippen molar-refractivity contribution >= 4 is 17.0 Å². The zero-order valence-corrected chi connectivity index (χ0v) is 9.59. The summed E-state index contributed by atoms with van der Waals surface area (Å²) in [5.41, 5.74) is 1.69. The zero-order valence-electron chi connectivity index (χ0n) is 8.77. The Hall–Kier alpha value is -1.55. The summed E-state index contributed by atoms with van der Waals surface area (Å²) >= 11 is 1.60. The van der Waals surface area contributed by atoms with E-state index < -0.39 is 5.82 Å². The summed E-state index contributed by atoms with van der Waals surface area (Å²) in [6.07, 6.45) is 0. The first-order valence-electron chi connectivity index (χ1n) is 4.94. The highest BCUT2D eigenvalue weighted by Gasteiger charge is 2.10. The molecule has 1 unspecified atom stereocenters. The van der Waals surface area contributed by atoms with E-state index in [1.807, 2.05) is 23.8 Å². The topological polar surface area (TPSA) is 32.3 Å². The number of aromatic hydroxyl groups is 1. The maximum absolute atomic E-state index is 12.8. The molecule has 0 saturated heterocycles. The van der Waals surface area contributed by atoms with E-state index in [0.29, 0.717) is 5.56 Å². The Morgan fingerprint density at radius 3 is 2.81 bits per heavy atom. The van der Waals surface area contributed by atoms with E-state index >= 15 is 0 Å². The molecule has 1 atom stereocenters. The second-order valence-electron chi connectivity index (χ2n) is 3.58. The number of benzene rings is 1. The van der Waals surface area contributed by atoms with E-state index in [1.54, 1.807) is 17.4 Å². The van der Waals surface area contributed by atoms with Crippen LogP contribution in [0.15, 0.2) is 35.0 Å². The first-order chi connectivity index (χ1) is 7.66. The van der Waals surface area contributed by atoms with Gasteiger partial charge in [-0.3, -0.25) is 0 Å². The number of hydrogen-bond donors (Lipinski definition) is 2. The Kier molecular flexibility index (Phi) is 3.10. The second-order valence-corrected chi connectivity index (χ2v) is 4.36. The van der Waals surface area contributed by atoms with Gasteiger partial charge in [-0.1, -0.05) is 6.07 Å².